The van der Waals surface area contributed by atoms with Crippen molar-refractivity contribution in [3.05, 3.63) is 23.8 Å². The normalized spacial score (nSPS) is 23.4. The maximum Gasteiger partial charge on any atom is 0.243 e. The van der Waals surface area contributed by atoms with Gasteiger partial charge in [0.2, 0.25) is 11.9 Å². The molecule has 0 radical (unpaired) electrons. The molecule has 2 aromatic heterocycles. The van der Waals surface area contributed by atoms with Crippen LogP contribution < -0.4 is 15.5 Å². The van der Waals surface area contributed by atoms with Crippen molar-refractivity contribution in [3.63, 3.8) is 0 Å². The van der Waals surface area contributed by atoms with E-state index < -0.39 is 13.7 Å². The van der Waals surface area contributed by atoms with Gasteiger partial charge in [-0.2, -0.15) is 0 Å². The Morgan fingerprint density at radius 3 is 2.29 bits per heavy atom. The number of anilines is 4. The number of fused-ring (bicyclic) bond motifs is 2. The summed E-state index contributed by atoms with van der Waals surface area (Å²) in [7, 11) is -2.02. The zero-order valence-corrected chi connectivity index (χ0v) is 24.7. The summed E-state index contributed by atoms with van der Waals surface area (Å²) in [6, 6.07) is 0. The lowest BCUT2D eigenvalue weighted by molar-refractivity contribution is -0.122. The lowest BCUT2D eigenvalue weighted by Gasteiger charge is -2.35. The molecular formula is C27H41N7O3Si. The van der Waals surface area contributed by atoms with Gasteiger partial charge in [0.05, 0.1) is 47.9 Å². The SMILES string of the molecule is C[C@@H]1CN(c2ncc(N3C(=O)C4(CCCC4)c4c(N)nc(CO[Si](C)(C)C(C)(C)C)nc43)cn2)C[C@H](C)O1. The Morgan fingerprint density at radius 2 is 1.71 bits per heavy atom. The minimum Gasteiger partial charge on any atom is -0.409 e. The summed E-state index contributed by atoms with van der Waals surface area (Å²) in [6.45, 7) is 16.8. The molecule has 2 aliphatic heterocycles. The number of carbonyl (C=O) groups is 1. The molecule has 10 nitrogen and oxygen atoms in total. The molecule has 0 aromatic carbocycles. The molecule has 0 unspecified atom stereocenters. The number of rotatable bonds is 5. The molecule has 2 fully saturated rings. The second-order valence-electron chi connectivity index (χ2n) is 12.6. The zero-order valence-electron chi connectivity index (χ0n) is 23.7. The molecule has 1 aliphatic carbocycles. The van der Waals surface area contributed by atoms with Gasteiger partial charge in [0, 0.05) is 13.1 Å². The lowest BCUT2D eigenvalue weighted by atomic mass is 9.80. The van der Waals surface area contributed by atoms with Gasteiger partial charge in [-0.3, -0.25) is 9.69 Å². The monoisotopic (exact) mass is 539 g/mol. The number of aromatic nitrogens is 4. The first kappa shape index (κ1) is 27.0. The summed E-state index contributed by atoms with van der Waals surface area (Å²) in [5.41, 5.74) is 7.23. The Balaban J connectivity index is 1.49. The van der Waals surface area contributed by atoms with Gasteiger partial charge in [0.25, 0.3) is 0 Å². The molecule has 0 bridgehead atoms. The van der Waals surface area contributed by atoms with E-state index in [0.29, 0.717) is 29.1 Å². The van der Waals surface area contributed by atoms with Crippen LogP contribution in [0.1, 0.15) is 71.7 Å². The molecule has 4 heterocycles. The van der Waals surface area contributed by atoms with E-state index in [4.69, 9.17) is 19.9 Å². The predicted octanol–water partition coefficient (Wildman–Crippen LogP) is 4.47. The molecule has 1 saturated carbocycles. The Kier molecular flexibility index (Phi) is 6.76. The van der Waals surface area contributed by atoms with Crippen molar-refractivity contribution in [1.82, 2.24) is 19.9 Å². The highest BCUT2D eigenvalue weighted by Crippen LogP contribution is 2.54. The summed E-state index contributed by atoms with van der Waals surface area (Å²) in [6.07, 6.45) is 7.05. The van der Waals surface area contributed by atoms with Crippen LogP contribution in [0.3, 0.4) is 0 Å². The summed E-state index contributed by atoms with van der Waals surface area (Å²) in [5, 5.41) is 0.0559. The topological polar surface area (TPSA) is 120 Å². The van der Waals surface area contributed by atoms with E-state index in [-0.39, 0.29) is 29.8 Å². The van der Waals surface area contributed by atoms with E-state index in [2.05, 4.69) is 67.6 Å². The van der Waals surface area contributed by atoms with E-state index in [1.807, 2.05) is 0 Å². The van der Waals surface area contributed by atoms with Gasteiger partial charge in [-0.1, -0.05) is 33.6 Å². The molecule has 2 aromatic rings. The third kappa shape index (κ3) is 4.58. The van der Waals surface area contributed by atoms with E-state index in [0.717, 1.165) is 44.3 Å². The molecule has 3 aliphatic rings. The molecule has 11 heteroatoms. The van der Waals surface area contributed by atoms with Gasteiger partial charge in [0.1, 0.15) is 11.6 Å². The van der Waals surface area contributed by atoms with Crippen molar-refractivity contribution in [3.8, 4) is 0 Å². The number of nitrogens with zero attached hydrogens (tertiary/aromatic N) is 6. The highest BCUT2D eigenvalue weighted by atomic mass is 28.4. The van der Waals surface area contributed by atoms with Crippen molar-refractivity contribution in [2.45, 2.75) is 103 Å². The fourth-order valence-electron chi connectivity index (χ4n) is 5.69. The quantitative estimate of drug-likeness (QED) is 0.549. The highest BCUT2D eigenvalue weighted by Gasteiger charge is 2.55. The average molecular weight is 540 g/mol. The van der Waals surface area contributed by atoms with Crippen LogP contribution in [-0.2, 0) is 26.0 Å². The number of morpholine rings is 1. The van der Waals surface area contributed by atoms with Crippen LogP contribution in [0.2, 0.25) is 18.1 Å². The fourth-order valence-corrected chi connectivity index (χ4v) is 6.62. The lowest BCUT2D eigenvalue weighted by Crippen LogP contribution is -2.46. The number of ether oxygens (including phenoxy) is 1. The Morgan fingerprint density at radius 1 is 1.11 bits per heavy atom. The van der Waals surface area contributed by atoms with E-state index in [1.54, 1.807) is 17.3 Å². The molecule has 1 spiro atoms. The number of nitrogens with two attached hydrogens (primary N) is 1. The smallest absolute Gasteiger partial charge is 0.243 e. The van der Waals surface area contributed by atoms with Gasteiger partial charge >= 0.3 is 0 Å². The van der Waals surface area contributed by atoms with Crippen LogP contribution in [0, 0.1) is 0 Å². The minimum atomic E-state index is -2.02. The van der Waals surface area contributed by atoms with Crippen LogP contribution in [0.5, 0.6) is 0 Å². The third-order valence-electron chi connectivity index (χ3n) is 8.68. The molecule has 1 amide bonds. The van der Waals surface area contributed by atoms with Gasteiger partial charge < -0.3 is 19.8 Å². The minimum absolute atomic E-state index is 0.0153. The number of nitrogen functional groups attached to an aromatic ring is 1. The van der Waals surface area contributed by atoms with Crippen LogP contribution in [0.4, 0.5) is 23.3 Å². The van der Waals surface area contributed by atoms with Gasteiger partial charge in [-0.15, -0.1) is 0 Å². The van der Waals surface area contributed by atoms with E-state index in [9.17, 15) is 4.79 Å². The van der Waals surface area contributed by atoms with Crippen LogP contribution >= 0.6 is 0 Å². The molecule has 1 saturated heterocycles. The first-order valence-corrected chi connectivity index (χ1v) is 16.6. The Bertz CT molecular complexity index is 1200. The van der Waals surface area contributed by atoms with Crippen LogP contribution in [0.25, 0.3) is 0 Å². The van der Waals surface area contributed by atoms with Crippen LogP contribution in [0.15, 0.2) is 12.4 Å². The predicted molar refractivity (Wildman–Crippen MR) is 150 cm³/mol. The standard InChI is InChI=1S/C27H41N7O3Si/c1-17-14-33(15-18(2)37-17)25-29-12-19(13-30-25)34-23-21(27(24(34)35)10-8-9-11-27)22(28)31-20(32-23)16-36-38(6,7)26(3,4)5/h12-13,17-18H,8-11,14-16H2,1-7H3,(H2,28,31,32)/t17-,18+. The van der Waals surface area contributed by atoms with Crippen molar-refractivity contribution in [2.24, 2.45) is 0 Å². The van der Waals surface area contributed by atoms with Crippen LogP contribution in [-0.4, -0.2) is 59.5 Å². The Hall–Kier alpha value is -2.63. The largest absolute Gasteiger partial charge is 0.409 e. The first-order valence-electron chi connectivity index (χ1n) is 13.7. The number of hydrogen-bond donors (Lipinski definition) is 1. The third-order valence-corrected chi connectivity index (χ3v) is 13.2. The summed E-state index contributed by atoms with van der Waals surface area (Å²) < 4.78 is 12.2. The fraction of sp³-hybridized carbons (Fsp3) is 0.667. The summed E-state index contributed by atoms with van der Waals surface area (Å²) in [4.78, 5) is 36.7. The number of carbonyl (C=O) groups excluding carboxylic acids is 1. The van der Waals surface area contributed by atoms with Gasteiger partial charge in [-0.05, 0) is 44.8 Å². The second-order valence-corrected chi connectivity index (χ2v) is 17.4. The van der Waals surface area contributed by atoms with E-state index >= 15 is 0 Å². The van der Waals surface area contributed by atoms with Gasteiger partial charge in [-0.25, -0.2) is 19.9 Å². The van der Waals surface area contributed by atoms with Gasteiger partial charge in [0.15, 0.2) is 14.1 Å². The molecule has 206 valence electrons. The average Bonchev–Trinajstić information content (AvgIpc) is 3.41. The molecule has 5 rings (SSSR count). The molecule has 2 N–H and O–H groups in total. The first-order chi connectivity index (χ1) is 17.8. The number of amides is 1. The molecule has 38 heavy (non-hydrogen) atoms. The second kappa shape index (κ2) is 9.53. The molecule has 2 atom stereocenters. The maximum absolute atomic E-state index is 14.1. The Labute approximate surface area is 226 Å². The summed E-state index contributed by atoms with van der Waals surface area (Å²) >= 11 is 0. The zero-order chi connectivity index (χ0) is 27.5. The van der Waals surface area contributed by atoms with Crippen molar-refractivity contribution < 1.29 is 14.0 Å². The van der Waals surface area contributed by atoms with E-state index in [1.165, 1.54) is 0 Å². The van der Waals surface area contributed by atoms with Crippen molar-refractivity contribution in [1.29, 1.82) is 0 Å². The number of hydrogen-bond acceptors (Lipinski definition) is 9. The highest BCUT2D eigenvalue weighted by molar-refractivity contribution is 6.74. The van der Waals surface area contributed by atoms with Crippen molar-refractivity contribution in [2.75, 3.05) is 28.6 Å². The molecular weight excluding hydrogens is 498 g/mol. The van der Waals surface area contributed by atoms with Crippen molar-refractivity contribution >= 4 is 37.5 Å². The maximum atomic E-state index is 14.1. The summed E-state index contributed by atoms with van der Waals surface area (Å²) in [5.74, 6) is 2.02.